The molecule has 2 aromatic rings. The molecule has 2 rings (SSSR count). The van der Waals surface area contributed by atoms with Crippen molar-refractivity contribution < 1.29 is 4.74 Å². The molecule has 0 amide bonds. The minimum Gasteiger partial charge on any atom is -0.437 e. The molecule has 0 bridgehead atoms. The summed E-state index contributed by atoms with van der Waals surface area (Å²) >= 11 is 15.4. The van der Waals surface area contributed by atoms with Crippen LogP contribution in [-0.4, -0.2) is 9.97 Å². The Morgan fingerprint density at radius 3 is 2.68 bits per heavy atom. The zero-order chi connectivity index (χ0) is 13.8. The lowest BCUT2D eigenvalue weighted by molar-refractivity contribution is 0.458. The number of rotatable bonds is 4. The van der Waals surface area contributed by atoms with Crippen LogP contribution in [0.15, 0.2) is 28.7 Å². The lowest BCUT2D eigenvalue weighted by Gasteiger charge is -2.08. The Balaban J connectivity index is 2.27. The Morgan fingerprint density at radius 2 is 2.00 bits per heavy atom. The van der Waals surface area contributed by atoms with Gasteiger partial charge in [-0.3, -0.25) is 0 Å². The predicted molar refractivity (Wildman–Crippen MR) is 80.3 cm³/mol. The van der Waals surface area contributed by atoms with Gasteiger partial charge in [-0.1, -0.05) is 46.1 Å². The number of hydrogen-bond acceptors (Lipinski definition) is 3. The average Bonchev–Trinajstić information content (AvgIpc) is 2.32. The minimum atomic E-state index is 0.363. The van der Waals surface area contributed by atoms with Gasteiger partial charge in [0.05, 0.1) is 5.02 Å². The van der Waals surface area contributed by atoms with Gasteiger partial charge >= 0.3 is 0 Å². The Hall–Kier alpha value is -0.840. The number of halogens is 3. The van der Waals surface area contributed by atoms with E-state index in [1.54, 1.807) is 18.2 Å². The molecule has 0 saturated carbocycles. The molecule has 6 heteroatoms. The maximum Gasteiger partial charge on any atom is 0.224 e. The van der Waals surface area contributed by atoms with E-state index in [1.165, 1.54) is 0 Å². The van der Waals surface area contributed by atoms with Crippen molar-refractivity contribution in [3.63, 3.8) is 0 Å². The third-order valence-electron chi connectivity index (χ3n) is 2.30. The largest absolute Gasteiger partial charge is 0.437 e. The third-order valence-corrected chi connectivity index (χ3v) is 3.28. The zero-order valence-corrected chi connectivity index (χ0v) is 13.3. The van der Waals surface area contributed by atoms with Crippen LogP contribution in [-0.2, 0) is 6.42 Å². The van der Waals surface area contributed by atoms with Gasteiger partial charge in [0.15, 0.2) is 0 Å². The summed E-state index contributed by atoms with van der Waals surface area (Å²) < 4.78 is 6.53. The van der Waals surface area contributed by atoms with Crippen LogP contribution in [0.5, 0.6) is 11.6 Å². The molecule has 0 fully saturated rings. The van der Waals surface area contributed by atoms with Crippen LogP contribution >= 0.6 is 39.1 Å². The number of aryl methyl sites for hydroxylation is 1. The summed E-state index contributed by atoms with van der Waals surface area (Å²) in [6.07, 6.45) is 1.70. The maximum atomic E-state index is 6.09. The smallest absolute Gasteiger partial charge is 0.224 e. The van der Waals surface area contributed by atoms with E-state index in [0.29, 0.717) is 27.6 Å². The number of aromatic nitrogens is 2. The molecule has 0 atom stereocenters. The lowest BCUT2D eigenvalue weighted by Crippen LogP contribution is -1.97. The predicted octanol–water partition coefficient (Wildman–Crippen LogP) is 5.29. The van der Waals surface area contributed by atoms with Crippen LogP contribution in [0, 0.1) is 0 Å². The van der Waals surface area contributed by atoms with E-state index in [2.05, 4.69) is 32.8 Å². The standard InChI is InChI=1S/C13H11BrCl2N2O/c1-2-3-12-17-11(16)7-13(18-12)19-10-5-4-8(14)6-9(10)15/h4-7H,2-3H2,1H3. The first-order chi connectivity index (χ1) is 9.08. The van der Waals surface area contributed by atoms with E-state index < -0.39 is 0 Å². The summed E-state index contributed by atoms with van der Waals surface area (Å²) in [4.78, 5) is 8.43. The van der Waals surface area contributed by atoms with Crippen LogP contribution in [0.25, 0.3) is 0 Å². The van der Waals surface area contributed by atoms with Crippen molar-refractivity contribution in [2.75, 3.05) is 0 Å². The number of hydrogen-bond donors (Lipinski definition) is 0. The second-order valence-electron chi connectivity index (χ2n) is 3.87. The number of nitrogens with zero attached hydrogens (tertiary/aromatic N) is 2. The average molecular weight is 362 g/mol. The highest BCUT2D eigenvalue weighted by atomic mass is 79.9. The Kier molecular flexibility index (Phi) is 5.02. The van der Waals surface area contributed by atoms with Gasteiger partial charge in [0.2, 0.25) is 5.88 Å². The van der Waals surface area contributed by atoms with Gasteiger partial charge < -0.3 is 4.74 Å². The molecule has 0 aliphatic carbocycles. The Labute approximate surface area is 130 Å². The summed E-state index contributed by atoms with van der Waals surface area (Å²) in [5.41, 5.74) is 0. The van der Waals surface area contributed by atoms with Gasteiger partial charge in [-0.05, 0) is 24.6 Å². The molecule has 19 heavy (non-hydrogen) atoms. The van der Waals surface area contributed by atoms with E-state index in [4.69, 9.17) is 27.9 Å². The fourth-order valence-corrected chi connectivity index (χ4v) is 2.40. The maximum absolute atomic E-state index is 6.09. The fraction of sp³-hybridized carbons (Fsp3) is 0.231. The molecule has 1 heterocycles. The van der Waals surface area contributed by atoms with Gasteiger partial charge in [-0.15, -0.1) is 0 Å². The van der Waals surface area contributed by atoms with Crippen molar-refractivity contribution in [3.8, 4) is 11.6 Å². The highest BCUT2D eigenvalue weighted by Crippen LogP contribution is 2.31. The van der Waals surface area contributed by atoms with Crippen LogP contribution in [0.1, 0.15) is 19.2 Å². The van der Waals surface area contributed by atoms with Gasteiger partial charge in [0, 0.05) is 17.0 Å². The third kappa shape index (κ3) is 4.06. The molecule has 1 aromatic heterocycles. The SMILES string of the molecule is CCCc1nc(Cl)cc(Oc2ccc(Br)cc2Cl)n1. The molecule has 0 aliphatic rings. The van der Waals surface area contributed by atoms with E-state index in [-0.39, 0.29) is 0 Å². The van der Waals surface area contributed by atoms with E-state index in [0.717, 1.165) is 17.3 Å². The molecule has 0 aliphatic heterocycles. The highest BCUT2D eigenvalue weighted by molar-refractivity contribution is 9.10. The molecular formula is C13H11BrCl2N2O. The summed E-state index contributed by atoms with van der Waals surface area (Å²) in [6.45, 7) is 2.05. The van der Waals surface area contributed by atoms with E-state index in [1.807, 2.05) is 6.07 Å². The Bertz CT molecular complexity index is 593. The molecule has 0 N–H and O–H groups in total. The normalized spacial score (nSPS) is 10.5. The van der Waals surface area contributed by atoms with Gasteiger partial charge in [-0.25, -0.2) is 4.98 Å². The quantitative estimate of drug-likeness (QED) is 0.694. The number of benzene rings is 1. The monoisotopic (exact) mass is 360 g/mol. The topological polar surface area (TPSA) is 35.0 Å². The molecule has 0 saturated heterocycles. The van der Waals surface area contributed by atoms with E-state index >= 15 is 0 Å². The lowest BCUT2D eigenvalue weighted by atomic mass is 10.3. The van der Waals surface area contributed by atoms with Crippen LogP contribution in [0.3, 0.4) is 0 Å². The first kappa shape index (κ1) is 14.6. The number of ether oxygens (including phenoxy) is 1. The molecule has 0 spiro atoms. The summed E-state index contributed by atoms with van der Waals surface area (Å²) in [7, 11) is 0. The molecular weight excluding hydrogens is 351 g/mol. The van der Waals surface area contributed by atoms with Crippen LogP contribution in [0.4, 0.5) is 0 Å². The summed E-state index contributed by atoms with van der Waals surface area (Å²) in [5.74, 6) is 1.59. The van der Waals surface area contributed by atoms with E-state index in [9.17, 15) is 0 Å². The van der Waals surface area contributed by atoms with Crippen LogP contribution < -0.4 is 4.74 Å². The minimum absolute atomic E-state index is 0.363. The molecule has 0 unspecified atom stereocenters. The molecule has 3 nitrogen and oxygen atoms in total. The zero-order valence-electron chi connectivity index (χ0n) is 10.2. The van der Waals surface area contributed by atoms with Crippen molar-refractivity contribution in [2.45, 2.75) is 19.8 Å². The van der Waals surface area contributed by atoms with Crippen molar-refractivity contribution >= 4 is 39.1 Å². The molecule has 0 radical (unpaired) electrons. The van der Waals surface area contributed by atoms with Gasteiger partial charge in [0.1, 0.15) is 16.7 Å². The Morgan fingerprint density at radius 1 is 1.21 bits per heavy atom. The molecule has 100 valence electrons. The second kappa shape index (κ2) is 6.55. The van der Waals surface area contributed by atoms with Gasteiger partial charge in [-0.2, -0.15) is 4.98 Å². The summed E-state index contributed by atoms with van der Waals surface area (Å²) in [6, 6.07) is 6.94. The fourth-order valence-electron chi connectivity index (χ4n) is 1.50. The van der Waals surface area contributed by atoms with Crippen molar-refractivity contribution in [1.29, 1.82) is 0 Å². The first-order valence-corrected chi connectivity index (χ1v) is 7.29. The highest BCUT2D eigenvalue weighted by Gasteiger charge is 2.08. The molecule has 1 aromatic carbocycles. The van der Waals surface area contributed by atoms with Gasteiger partial charge in [0.25, 0.3) is 0 Å². The van der Waals surface area contributed by atoms with Crippen molar-refractivity contribution in [2.24, 2.45) is 0 Å². The van der Waals surface area contributed by atoms with Crippen LogP contribution in [0.2, 0.25) is 10.2 Å². The van der Waals surface area contributed by atoms with Crippen molar-refractivity contribution in [1.82, 2.24) is 9.97 Å². The van der Waals surface area contributed by atoms with Crippen molar-refractivity contribution in [3.05, 3.63) is 44.7 Å². The second-order valence-corrected chi connectivity index (χ2v) is 5.58. The first-order valence-electron chi connectivity index (χ1n) is 5.75. The summed E-state index contributed by atoms with van der Waals surface area (Å²) in [5, 5.41) is 0.864.